The van der Waals surface area contributed by atoms with E-state index in [1.54, 1.807) is 14.0 Å². The highest BCUT2D eigenvalue weighted by Gasteiger charge is 2.46. The molecule has 2 N–H and O–H groups in total. The van der Waals surface area contributed by atoms with Crippen molar-refractivity contribution in [1.29, 1.82) is 0 Å². The lowest BCUT2D eigenvalue weighted by Crippen LogP contribution is -2.61. The van der Waals surface area contributed by atoms with Crippen molar-refractivity contribution in [2.45, 2.75) is 28.6 Å². The summed E-state index contributed by atoms with van der Waals surface area (Å²) in [5.41, 5.74) is 0. The van der Waals surface area contributed by atoms with E-state index in [0.29, 0.717) is 15.7 Å². The first-order valence-corrected chi connectivity index (χ1v) is 10.7. The largest absolute Gasteiger partial charge is 0.508 e. The number of halogens is 3. The lowest BCUT2D eigenvalue weighted by Gasteiger charge is -2.38. The average Bonchev–Trinajstić information content (AvgIpc) is 2.51. The van der Waals surface area contributed by atoms with E-state index in [1.807, 2.05) is 0 Å². The summed E-state index contributed by atoms with van der Waals surface area (Å²) in [4.78, 5) is 34.5. The van der Waals surface area contributed by atoms with Gasteiger partial charge in [0.15, 0.2) is 0 Å². The van der Waals surface area contributed by atoms with Crippen molar-refractivity contribution >= 4 is 92.0 Å². The maximum Gasteiger partial charge on any atom is 0.508 e. The van der Waals surface area contributed by atoms with E-state index in [2.05, 4.69) is 15.4 Å². The second-order valence-electron chi connectivity index (χ2n) is 5.07. The summed E-state index contributed by atoms with van der Waals surface area (Å²) in [6.45, 7) is 1.10. The Morgan fingerprint density at radius 2 is 2.08 bits per heavy atom. The van der Waals surface area contributed by atoms with Crippen LogP contribution in [0, 0.1) is 5.92 Å². The zero-order valence-electron chi connectivity index (χ0n) is 13.8. The normalized spacial score (nSPS) is 20.4. The van der Waals surface area contributed by atoms with E-state index in [9.17, 15) is 14.4 Å². The number of rotatable bonds is 7. The molecule has 1 rings (SSSR count). The quantitative estimate of drug-likeness (QED) is 0.247. The summed E-state index contributed by atoms with van der Waals surface area (Å²) in [6.07, 6.45) is -1.44. The number of carbonyl (C=O) groups is 3. The van der Waals surface area contributed by atoms with Gasteiger partial charge in [0, 0.05) is 19.2 Å². The van der Waals surface area contributed by atoms with Gasteiger partial charge in [-0.05, 0) is 6.92 Å². The summed E-state index contributed by atoms with van der Waals surface area (Å²) in [7, 11) is 1.56. The number of carbonyl (C=O) groups excluding carboxylic acids is 3. The van der Waals surface area contributed by atoms with Gasteiger partial charge in [-0.1, -0.05) is 58.8 Å². The van der Waals surface area contributed by atoms with Crippen LogP contribution in [0.15, 0.2) is 0 Å². The summed E-state index contributed by atoms with van der Waals surface area (Å²) in [5.74, 6) is -0.387. The molecule has 1 unspecified atom stereocenters. The van der Waals surface area contributed by atoms with Gasteiger partial charge in [-0.3, -0.25) is 9.59 Å². The predicted molar refractivity (Wildman–Crippen MR) is 109 cm³/mol. The van der Waals surface area contributed by atoms with Crippen molar-refractivity contribution in [2.24, 2.45) is 5.92 Å². The molecule has 13 heteroatoms. The van der Waals surface area contributed by atoms with Crippen molar-refractivity contribution < 1.29 is 23.9 Å². The zero-order chi connectivity index (χ0) is 19.9. The van der Waals surface area contributed by atoms with Crippen LogP contribution in [0.5, 0.6) is 0 Å². The topological polar surface area (TPSA) is 93.7 Å². The van der Waals surface area contributed by atoms with Crippen LogP contribution in [-0.2, 0) is 19.1 Å². The van der Waals surface area contributed by atoms with Crippen molar-refractivity contribution in [1.82, 2.24) is 10.6 Å². The third kappa shape index (κ3) is 8.71. The molecule has 148 valence electrons. The van der Waals surface area contributed by atoms with Crippen LogP contribution in [0.1, 0.15) is 13.3 Å². The maximum absolute atomic E-state index is 11.8. The monoisotopic (exact) mass is 482 g/mol. The number of thioether (sulfide) groups is 2. The maximum atomic E-state index is 11.8. The molecule has 0 aromatic rings. The molecule has 0 aliphatic carbocycles. The van der Waals surface area contributed by atoms with Gasteiger partial charge in [0.25, 0.3) is 0 Å². The SMILES string of the molecule is CNC(=O)CCSC(=S)S[C@H]1NC(=O)[C@@H]1C(C)OC(=O)OCC(Cl)(Cl)Cl. The minimum atomic E-state index is -1.74. The number of hydrogen-bond donors (Lipinski definition) is 2. The first-order valence-electron chi connectivity index (χ1n) is 7.28. The molecule has 1 saturated heterocycles. The number of ether oxygens (including phenoxy) is 2. The molecule has 0 aromatic carbocycles. The second kappa shape index (κ2) is 11.0. The lowest BCUT2D eigenvalue weighted by atomic mass is 9.96. The molecular weight excluding hydrogens is 467 g/mol. The number of β-lactam (4-membered cyclic amide) rings is 1. The van der Waals surface area contributed by atoms with Gasteiger partial charge < -0.3 is 20.1 Å². The summed E-state index contributed by atoms with van der Waals surface area (Å²) in [5, 5.41) is 4.88. The van der Waals surface area contributed by atoms with Crippen LogP contribution in [0.2, 0.25) is 0 Å². The molecule has 1 aliphatic rings. The summed E-state index contributed by atoms with van der Waals surface area (Å²) in [6, 6.07) is 0. The molecule has 1 aliphatic heterocycles. The Kier molecular flexibility index (Phi) is 10.1. The summed E-state index contributed by atoms with van der Waals surface area (Å²) < 4.78 is 8.55. The van der Waals surface area contributed by atoms with Crippen LogP contribution in [0.4, 0.5) is 4.79 Å². The van der Waals surface area contributed by atoms with Gasteiger partial charge in [-0.15, -0.1) is 11.8 Å². The Hall–Kier alpha value is -0.130. The minimum absolute atomic E-state index is 0.0736. The van der Waals surface area contributed by atoms with E-state index in [-0.39, 0.29) is 17.2 Å². The van der Waals surface area contributed by atoms with E-state index < -0.39 is 28.6 Å². The van der Waals surface area contributed by atoms with E-state index in [1.165, 1.54) is 23.5 Å². The number of amides is 2. The highest BCUT2D eigenvalue weighted by Crippen LogP contribution is 2.34. The van der Waals surface area contributed by atoms with E-state index >= 15 is 0 Å². The third-order valence-corrected chi connectivity index (χ3v) is 6.22. The van der Waals surface area contributed by atoms with E-state index in [4.69, 9.17) is 51.8 Å². The fraction of sp³-hybridized carbons (Fsp3) is 0.692. The smallest absolute Gasteiger partial charge is 0.430 e. The fourth-order valence-electron chi connectivity index (χ4n) is 1.82. The van der Waals surface area contributed by atoms with Crippen molar-refractivity contribution in [3.63, 3.8) is 0 Å². The Bertz CT molecular complexity index is 562. The van der Waals surface area contributed by atoms with Gasteiger partial charge in [0.05, 0.1) is 5.37 Å². The van der Waals surface area contributed by atoms with Crippen LogP contribution in [0.25, 0.3) is 0 Å². The molecule has 26 heavy (non-hydrogen) atoms. The fourth-order valence-corrected chi connectivity index (χ4v) is 4.71. The first-order chi connectivity index (χ1) is 12.0. The Morgan fingerprint density at radius 1 is 1.42 bits per heavy atom. The minimum Gasteiger partial charge on any atom is -0.430 e. The van der Waals surface area contributed by atoms with Gasteiger partial charge in [0.2, 0.25) is 15.6 Å². The number of alkyl halides is 3. The standard InChI is InChI=1S/C13H17Cl3N2O5S3/c1-6(23-11(21)22-5-13(14,15)16)8-9(20)18-10(8)26-12(24)25-4-3-7(19)17-2/h6,8,10H,3-5H2,1-2H3,(H,17,19)(H,18,20)/t6?,8-,10+/m0/s1. The molecule has 2 amide bonds. The number of nitrogens with one attached hydrogen (secondary N) is 2. The molecule has 1 fully saturated rings. The Balaban J connectivity index is 2.40. The Morgan fingerprint density at radius 3 is 2.62 bits per heavy atom. The van der Waals surface area contributed by atoms with Crippen LogP contribution in [-0.4, -0.2) is 56.2 Å². The first kappa shape index (κ1) is 23.9. The van der Waals surface area contributed by atoms with Crippen LogP contribution < -0.4 is 10.6 Å². The van der Waals surface area contributed by atoms with Gasteiger partial charge in [-0.2, -0.15) is 0 Å². The highest BCUT2D eigenvalue weighted by atomic mass is 35.6. The molecule has 0 bridgehead atoms. The van der Waals surface area contributed by atoms with Crippen molar-refractivity contribution in [3.05, 3.63) is 0 Å². The highest BCUT2D eigenvalue weighted by molar-refractivity contribution is 8.47. The van der Waals surface area contributed by atoms with Crippen molar-refractivity contribution in [2.75, 3.05) is 19.4 Å². The predicted octanol–water partition coefficient (Wildman–Crippen LogP) is 2.86. The molecule has 0 aromatic heterocycles. The molecular formula is C13H17Cl3N2O5S3. The van der Waals surface area contributed by atoms with Crippen molar-refractivity contribution in [3.8, 4) is 0 Å². The second-order valence-corrected chi connectivity index (χ2v) is 11.0. The zero-order valence-corrected chi connectivity index (χ0v) is 18.5. The lowest BCUT2D eigenvalue weighted by molar-refractivity contribution is -0.137. The van der Waals surface area contributed by atoms with Gasteiger partial charge >= 0.3 is 6.16 Å². The number of hydrogen-bond acceptors (Lipinski definition) is 8. The van der Waals surface area contributed by atoms with E-state index in [0.717, 1.165) is 0 Å². The molecule has 3 atom stereocenters. The van der Waals surface area contributed by atoms with Gasteiger partial charge in [-0.25, -0.2) is 4.79 Å². The molecule has 0 saturated carbocycles. The molecule has 0 spiro atoms. The molecule has 1 heterocycles. The molecule has 0 radical (unpaired) electrons. The third-order valence-electron chi connectivity index (χ3n) is 3.11. The average molecular weight is 484 g/mol. The summed E-state index contributed by atoms with van der Waals surface area (Å²) >= 11 is 24.3. The van der Waals surface area contributed by atoms with Crippen LogP contribution in [0.3, 0.4) is 0 Å². The van der Waals surface area contributed by atoms with Gasteiger partial charge in [0.1, 0.15) is 22.2 Å². The number of thiocarbonyl (C=S) groups is 1. The van der Waals surface area contributed by atoms with Crippen LogP contribution >= 0.6 is 70.5 Å². The molecule has 7 nitrogen and oxygen atoms in total. The Labute approximate surface area is 179 Å².